The molecule has 30 heavy (non-hydrogen) atoms. The molecule has 0 saturated heterocycles. The first-order valence-corrected chi connectivity index (χ1v) is 11.4. The molecule has 1 aliphatic heterocycles. The normalized spacial score (nSPS) is 25.3. The molecule has 2 aliphatic carbocycles. The van der Waals surface area contributed by atoms with Crippen molar-refractivity contribution in [3.05, 3.63) is 17.5 Å². The molecule has 0 spiro atoms. The third-order valence-electron chi connectivity index (χ3n) is 6.97. The predicted molar refractivity (Wildman–Crippen MR) is 112 cm³/mol. The highest BCUT2D eigenvalue weighted by Crippen LogP contribution is 2.29. The lowest BCUT2D eigenvalue weighted by molar-refractivity contribution is -0.133. The maximum atomic E-state index is 13.2. The molecular weight excluding hydrogens is 382 g/mol. The van der Waals surface area contributed by atoms with Crippen LogP contribution < -0.4 is 10.6 Å². The molecule has 1 aromatic rings. The number of nitrogens with one attached hydrogen (secondary N) is 2. The van der Waals surface area contributed by atoms with Crippen LogP contribution in [0.25, 0.3) is 0 Å². The molecule has 0 radical (unpaired) electrons. The summed E-state index contributed by atoms with van der Waals surface area (Å²) in [5.41, 5.74) is -0.401. The fraction of sp³-hybridized carbons (Fsp3) is 0.727. The molecule has 2 heterocycles. The Kier molecular flexibility index (Phi) is 5.84. The summed E-state index contributed by atoms with van der Waals surface area (Å²) < 4.78 is 1.54. The van der Waals surface area contributed by atoms with E-state index >= 15 is 0 Å². The van der Waals surface area contributed by atoms with Gasteiger partial charge in [0.05, 0.1) is 6.54 Å². The molecule has 0 aromatic carbocycles. The molecule has 2 saturated carbocycles. The number of likely N-dealkylation sites (N-methyl/N-ethyl adjacent to an activating group) is 1. The van der Waals surface area contributed by atoms with Crippen LogP contribution in [0, 0.1) is 0 Å². The molecule has 8 heteroatoms. The third-order valence-corrected chi connectivity index (χ3v) is 6.97. The predicted octanol–water partition coefficient (Wildman–Crippen LogP) is 2.24. The maximum absolute atomic E-state index is 13.2. The number of hydrogen-bond donors (Lipinski definition) is 2. The summed E-state index contributed by atoms with van der Waals surface area (Å²) in [7, 11) is 0. The van der Waals surface area contributed by atoms with Crippen molar-refractivity contribution in [2.24, 2.45) is 0 Å². The minimum absolute atomic E-state index is 0.140. The van der Waals surface area contributed by atoms with Crippen LogP contribution in [0.15, 0.2) is 6.07 Å². The molecule has 2 N–H and O–H groups in total. The molecule has 2 fully saturated rings. The molecular formula is C22H33N5O3. The SMILES string of the molecule is CCN1C(=O)c2cc(C(=O)NC3CCCCC3)nn2C[C@]1(C)C(=O)NC1CCCC1. The largest absolute Gasteiger partial charge is 0.351 e. The number of fused-ring (bicyclic) bond motifs is 1. The van der Waals surface area contributed by atoms with Gasteiger partial charge in [-0.25, -0.2) is 0 Å². The standard InChI is InChI=1S/C22H33N5O3/c1-3-26-20(29)18-13-17(19(28)23-15-9-5-4-6-10-15)25-27(18)14-22(26,2)21(30)24-16-11-7-8-12-16/h13,15-16H,3-12,14H2,1-2H3,(H,23,28)(H,24,30)/t22-/m1/s1. The topological polar surface area (TPSA) is 96.3 Å². The number of amides is 3. The van der Waals surface area contributed by atoms with Crippen molar-refractivity contribution in [3.8, 4) is 0 Å². The van der Waals surface area contributed by atoms with Crippen LogP contribution in [0.3, 0.4) is 0 Å². The Morgan fingerprint density at radius 2 is 1.67 bits per heavy atom. The lowest BCUT2D eigenvalue weighted by Gasteiger charge is -2.43. The average molecular weight is 416 g/mol. The minimum Gasteiger partial charge on any atom is -0.351 e. The van der Waals surface area contributed by atoms with Gasteiger partial charge in [0.1, 0.15) is 11.2 Å². The number of hydrogen-bond acceptors (Lipinski definition) is 4. The maximum Gasteiger partial charge on any atom is 0.273 e. The highest BCUT2D eigenvalue weighted by Gasteiger charge is 2.48. The number of carbonyl (C=O) groups is 3. The highest BCUT2D eigenvalue weighted by atomic mass is 16.2. The molecule has 0 unspecified atom stereocenters. The molecule has 8 nitrogen and oxygen atoms in total. The Balaban J connectivity index is 1.54. The number of rotatable bonds is 5. The summed E-state index contributed by atoms with van der Waals surface area (Å²) in [6, 6.07) is 1.92. The average Bonchev–Trinajstić information content (AvgIpc) is 3.39. The molecule has 1 aromatic heterocycles. The zero-order valence-corrected chi connectivity index (χ0v) is 18.1. The van der Waals surface area contributed by atoms with Crippen LogP contribution in [-0.4, -0.2) is 56.6 Å². The Labute approximate surface area is 177 Å². The van der Waals surface area contributed by atoms with E-state index in [1.165, 1.54) is 6.42 Å². The Morgan fingerprint density at radius 1 is 1.07 bits per heavy atom. The van der Waals surface area contributed by atoms with E-state index in [1.54, 1.807) is 22.6 Å². The lowest BCUT2D eigenvalue weighted by atomic mass is 9.94. The zero-order valence-electron chi connectivity index (χ0n) is 18.1. The summed E-state index contributed by atoms with van der Waals surface area (Å²) in [5, 5.41) is 10.6. The van der Waals surface area contributed by atoms with Gasteiger partial charge >= 0.3 is 0 Å². The van der Waals surface area contributed by atoms with Crippen LogP contribution >= 0.6 is 0 Å². The molecule has 3 amide bonds. The van der Waals surface area contributed by atoms with Crippen molar-refractivity contribution in [1.29, 1.82) is 0 Å². The van der Waals surface area contributed by atoms with Gasteiger partial charge in [-0.3, -0.25) is 19.1 Å². The van der Waals surface area contributed by atoms with Gasteiger partial charge < -0.3 is 15.5 Å². The van der Waals surface area contributed by atoms with Gasteiger partial charge in [-0.1, -0.05) is 32.1 Å². The van der Waals surface area contributed by atoms with Gasteiger partial charge in [0.25, 0.3) is 11.8 Å². The van der Waals surface area contributed by atoms with Crippen LogP contribution in [0.4, 0.5) is 0 Å². The summed E-state index contributed by atoms with van der Waals surface area (Å²) in [6.45, 7) is 4.34. The van der Waals surface area contributed by atoms with E-state index in [-0.39, 0.29) is 42.0 Å². The van der Waals surface area contributed by atoms with E-state index in [0.717, 1.165) is 51.4 Å². The van der Waals surface area contributed by atoms with E-state index in [9.17, 15) is 14.4 Å². The smallest absolute Gasteiger partial charge is 0.273 e. The second kappa shape index (κ2) is 8.40. The Bertz CT molecular complexity index is 823. The monoisotopic (exact) mass is 415 g/mol. The van der Waals surface area contributed by atoms with Gasteiger partial charge in [0, 0.05) is 24.7 Å². The molecule has 3 aliphatic rings. The molecule has 4 rings (SSSR count). The fourth-order valence-electron chi connectivity index (χ4n) is 5.16. The molecule has 164 valence electrons. The van der Waals surface area contributed by atoms with Crippen molar-refractivity contribution in [2.45, 2.75) is 95.8 Å². The van der Waals surface area contributed by atoms with Crippen molar-refractivity contribution in [3.63, 3.8) is 0 Å². The molecule has 1 atom stereocenters. The Morgan fingerprint density at radius 3 is 2.30 bits per heavy atom. The van der Waals surface area contributed by atoms with E-state index < -0.39 is 5.54 Å². The second-order valence-electron chi connectivity index (χ2n) is 9.16. The van der Waals surface area contributed by atoms with Crippen LogP contribution in [0.2, 0.25) is 0 Å². The van der Waals surface area contributed by atoms with Crippen molar-refractivity contribution < 1.29 is 14.4 Å². The summed E-state index contributed by atoms with van der Waals surface area (Å²) >= 11 is 0. The van der Waals surface area contributed by atoms with Crippen LogP contribution in [0.5, 0.6) is 0 Å². The third kappa shape index (κ3) is 3.84. The minimum atomic E-state index is -1.02. The van der Waals surface area contributed by atoms with Crippen LogP contribution in [0.1, 0.15) is 92.6 Å². The van der Waals surface area contributed by atoms with Crippen molar-refractivity contribution >= 4 is 17.7 Å². The highest BCUT2D eigenvalue weighted by molar-refractivity contribution is 6.02. The Hall–Kier alpha value is -2.38. The first kappa shape index (κ1) is 20.9. The summed E-state index contributed by atoms with van der Waals surface area (Å²) in [4.78, 5) is 40.7. The number of carbonyl (C=O) groups excluding carboxylic acids is 3. The van der Waals surface area contributed by atoms with E-state index in [4.69, 9.17) is 0 Å². The lowest BCUT2D eigenvalue weighted by Crippen LogP contribution is -2.64. The summed E-state index contributed by atoms with van der Waals surface area (Å²) in [6.07, 6.45) is 9.67. The van der Waals surface area contributed by atoms with E-state index in [1.807, 2.05) is 6.92 Å². The second-order valence-corrected chi connectivity index (χ2v) is 9.16. The van der Waals surface area contributed by atoms with Crippen LogP contribution in [-0.2, 0) is 11.3 Å². The number of nitrogens with zero attached hydrogens (tertiary/aromatic N) is 3. The van der Waals surface area contributed by atoms with Crippen molar-refractivity contribution in [2.75, 3.05) is 6.54 Å². The first-order valence-electron chi connectivity index (χ1n) is 11.4. The fourth-order valence-corrected chi connectivity index (χ4v) is 5.16. The summed E-state index contributed by atoms with van der Waals surface area (Å²) in [5.74, 6) is -0.632. The van der Waals surface area contributed by atoms with E-state index in [0.29, 0.717) is 12.2 Å². The van der Waals surface area contributed by atoms with Gasteiger partial charge in [-0.15, -0.1) is 0 Å². The van der Waals surface area contributed by atoms with Gasteiger partial charge in [-0.05, 0) is 39.5 Å². The zero-order chi connectivity index (χ0) is 21.3. The first-order chi connectivity index (χ1) is 14.4. The van der Waals surface area contributed by atoms with Gasteiger partial charge in [0.15, 0.2) is 5.69 Å². The quantitative estimate of drug-likeness (QED) is 0.771. The van der Waals surface area contributed by atoms with Gasteiger partial charge in [-0.2, -0.15) is 5.10 Å². The molecule has 0 bridgehead atoms. The number of aromatic nitrogens is 2. The van der Waals surface area contributed by atoms with Crippen molar-refractivity contribution in [1.82, 2.24) is 25.3 Å². The van der Waals surface area contributed by atoms with Gasteiger partial charge in [0.2, 0.25) is 5.91 Å². The van der Waals surface area contributed by atoms with E-state index in [2.05, 4.69) is 15.7 Å².